The number of aromatic nitrogens is 2. The number of nitriles is 1. The molecule has 2 atom stereocenters. The second-order valence-corrected chi connectivity index (χ2v) is 10.9. The third-order valence-corrected chi connectivity index (χ3v) is 7.31. The Morgan fingerprint density at radius 2 is 1.78 bits per heavy atom. The Morgan fingerprint density at radius 1 is 1.15 bits per heavy atom. The summed E-state index contributed by atoms with van der Waals surface area (Å²) in [7, 11) is 1.61. The van der Waals surface area contributed by atoms with Gasteiger partial charge in [0.25, 0.3) is 5.89 Å². The topological polar surface area (TPSA) is 118 Å². The van der Waals surface area contributed by atoms with Crippen molar-refractivity contribution < 1.29 is 22.7 Å². The monoisotopic (exact) mass is 557 g/mol. The highest BCUT2D eigenvalue weighted by molar-refractivity contribution is 5.99. The molecule has 10 heteroatoms. The van der Waals surface area contributed by atoms with Crippen LogP contribution >= 0.6 is 0 Å². The Morgan fingerprint density at radius 3 is 2.39 bits per heavy atom. The van der Waals surface area contributed by atoms with E-state index in [9.17, 15) is 10.1 Å². The molecule has 1 aromatic heterocycles. The summed E-state index contributed by atoms with van der Waals surface area (Å²) in [5, 5.41) is 17.2. The summed E-state index contributed by atoms with van der Waals surface area (Å²) in [6.07, 6.45) is -0.314. The summed E-state index contributed by atoms with van der Waals surface area (Å²) >= 11 is 0. The molecule has 0 radical (unpaired) electrons. The van der Waals surface area contributed by atoms with Crippen LogP contribution in [0.2, 0.25) is 0 Å². The number of alkyl halides is 1. The molecule has 2 N–H and O–H groups in total. The Hall–Kier alpha value is -4.62. The summed E-state index contributed by atoms with van der Waals surface area (Å²) in [6, 6.07) is 18.5. The van der Waals surface area contributed by atoms with Gasteiger partial charge in [0.2, 0.25) is 11.8 Å². The van der Waals surface area contributed by atoms with Crippen molar-refractivity contribution in [1.82, 2.24) is 10.2 Å². The molecule has 1 unspecified atom stereocenters. The van der Waals surface area contributed by atoms with E-state index >= 15 is 8.78 Å². The SMILES string of the molecule is COc1ccc(-c2ccc(CN3C(=O)[C@H](N)CC(C)(F)c4cc(F)c(-c5nnc(C(C)(C)C#N)o5)cc43)cc2)cc1. The van der Waals surface area contributed by atoms with Crippen LogP contribution in [0.25, 0.3) is 22.6 Å². The van der Waals surface area contributed by atoms with Crippen molar-refractivity contribution >= 4 is 11.6 Å². The Labute approximate surface area is 236 Å². The fourth-order valence-corrected chi connectivity index (χ4v) is 4.86. The number of benzene rings is 3. The van der Waals surface area contributed by atoms with Crippen molar-refractivity contribution in [2.24, 2.45) is 5.73 Å². The number of methoxy groups -OCH3 is 1. The molecule has 0 spiro atoms. The quantitative estimate of drug-likeness (QED) is 0.318. The lowest BCUT2D eigenvalue weighted by Gasteiger charge is -2.26. The molecule has 210 valence electrons. The molecule has 2 heterocycles. The first-order valence-corrected chi connectivity index (χ1v) is 13.0. The normalized spacial score (nSPS) is 18.9. The zero-order valence-electron chi connectivity index (χ0n) is 23.1. The number of carbonyl (C=O) groups is 1. The lowest BCUT2D eigenvalue weighted by molar-refractivity contribution is -0.120. The van der Waals surface area contributed by atoms with Gasteiger partial charge in [-0.3, -0.25) is 4.79 Å². The summed E-state index contributed by atoms with van der Waals surface area (Å²) in [6.45, 7) is 4.54. The minimum absolute atomic E-state index is 0.00609. The number of amides is 1. The molecule has 0 saturated carbocycles. The van der Waals surface area contributed by atoms with Crippen LogP contribution in [0, 0.1) is 17.1 Å². The van der Waals surface area contributed by atoms with Crippen LogP contribution < -0.4 is 15.4 Å². The Kier molecular flexibility index (Phi) is 7.09. The van der Waals surface area contributed by atoms with Crippen LogP contribution in [0.15, 0.2) is 65.1 Å². The van der Waals surface area contributed by atoms with Crippen LogP contribution in [0.5, 0.6) is 5.75 Å². The molecule has 5 rings (SSSR count). The molecule has 1 amide bonds. The van der Waals surface area contributed by atoms with Crippen LogP contribution in [0.3, 0.4) is 0 Å². The average Bonchev–Trinajstić information content (AvgIpc) is 3.45. The highest BCUT2D eigenvalue weighted by atomic mass is 19.1. The maximum Gasteiger partial charge on any atom is 0.250 e. The van der Waals surface area contributed by atoms with Gasteiger partial charge in [-0.1, -0.05) is 36.4 Å². The molecule has 4 aromatic rings. The molecule has 1 aliphatic heterocycles. The average molecular weight is 558 g/mol. The van der Waals surface area contributed by atoms with E-state index in [4.69, 9.17) is 14.9 Å². The minimum Gasteiger partial charge on any atom is -0.497 e. The van der Waals surface area contributed by atoms with Crippen LogP contribution in [-0.2, 0) is 22.4 Å². The number of nitrogens with two attached hydrogens (primary N) is 1. The number of carbonyl (C=O) groups excluding carboxylic acids is 1. The lowest BCUT2D eigenvalue weighted by atomic mass is 9.90. The van der Waals surface area contributed by atoms with E-state index in [1.54, 1.807) is 21.0 Å². The molecule has 1 aliphatic rings. The minimum atomic E-state index is -2.08. The van der Waals surface area contributed by atoms with Crippen molar-refractivity contribution in [3.8, 4) is 34.4 Å². The van der Waals surface area contributed by atoms with E-state index in [1.165, 1.54) is 17.9 Å². The molecular formula is C31H29F2N5O3. The van der Waals surface area contributed by atoms with E-state index in [-0.39, 0.29) is 41.6 Å². The molecule has 0 bridgehead atoms. The highest BCUT2D eigenvalue weighted by Crippen LogP contribution is 2.44. The number of fused-ring (bicyclic) bond motifs is 1. The summed E-state index contributed by atoms with van der Waals surface area (Å²) in [5.41, 5.74) is 5.71. The maximum atomic E-state index is 16.0. The number of halogens is 2. The first-order chi connectivity index (χ1) is 19.4. The van der Waals surface area contributed by atoms with Gasteiger partial charge in [0.05, 0.1) is 37.0 Å². The summed E-state index contributed by atoms with van der Waals surface area (Å²) in [5.74, 6) is -0.729. The second kappa shape index (κ2) is 10.4. The van der Waals surface area contributed by atoms with Gasteiger partial charge in [0.15, 0.2) is 0 Å². The Bertz CT molecular complexity index is 1640. The zero-order valence-corrected chi connectivity index (χ0v) is 23.1. The van der Waals surface area contributed by atoms with Crippen molar-refractivity contribution in [2.45, 2.75) is 50.9 Å². The molecule has 0 saturated heterocycles. The van der Waals surface area contributed by atoms with E-state index in [2.05, 4.69) is 16.3 Å². The number of rotatable bonds is 6. The third-order valence-electron chi connectivity index (χ3n) is 7.31. The van der Waals surface area contributed by atoms with Crippen molar-refractivity contribution in [2.75, 3.05) is 12.0 Å². The van der Waals surface area contributed by atoms with E-state index in [1.807, 2.05) is 48.5 Å². The standard InChI is InChI=1S/C31H29F2N5O3/c1-30(2,17-34)29-37-36-27(41-29)22-13-26-23(14-24(22)32)31(3,33)15-25(35)28(39)38(26)16-18-5-7-19(8-6-18)20-9-11-21(40-4)12-10-20/h5-14,25H,15-16,35H2,1-4H3/t25-,31?/m1/s1. The van der Waals surface area contributed by atoms with Gasteiger partial charge < -0.3 is 19.8 Å². The molecule has 41 heavy (non-hydrogen) atoms. The van der Waals surface area contributed by atoms with Crippen molar-refractivity contribution in [3.05, 3.63) is 83.5 Å². The van der Waals surface area contributed by atoms with Gasteiger partial charge in [0.1, 0.15) is 22.7 Å². The van der Waals surface area contributed by atoms with Gasteiger partial charge in [-0.15, -0.1) is 10.2 Å². The summed E-state index contributed by atoms with van der Waals surface area (Å²) < 4.78 is 42.2. The van der Waals surface area contributed by atoms with Crippen LogP contribution in [0.1, 0.15) is 44.2 Å². The fourth-order valence-electron chi connectivity index (χ4n) is 4.86. The number of ether oxygens (including phenoxy) is 1. The molecule has 3 aromatic carbocycles. The van der Waals surface area contributed by atoms with Gasteiger partial charge in [-0.2, -0.15) is 5.26 Å². The predicted octanol–water partition coefficient (Wildman–Crippen LogP) is 5.80. The number of hydrogen-bond donors (Lipinski definition) is 1. The first-order valence-electron chi connectivity index (χ1n) is 13.0. The number of nitrogens with zero attached hydrogens (tertiary/aromatic N) is 4. The van der Waals surface area contributed by atoms with Crippen LogP contribution in [-0.4, -0.2) is 29.3 Å². The number of hydrogen-bond acceptors (Lipinski definition) is 7. The van der Waals surface area contributed by atoms with E-state index < -0.39 is 28.8 Å². The predicted molar refractivity (Wildman–Crippen MR) is 149 cm³/mol. The third kappa shape index (κ3) is 5.28. The van der Waals surface area contributed by atoms with Gasteiger partial charge in [-0.05, 0) is 61.7 Å². The van der Waals surface area contributed by atoms with Crippen molar-refractivity contribution in [3.63, 3.8) is 0 Å². The smallest absolute Gasteiger partial charge is 0.250 e. The van der Waals surface area contributed by atoms with E-state index in [0.29, 0.717) is 0 Å². The molecular weight excluding hydrogens is 528 g/mol. The second-order valence-electron chi connectivity index (χ2n) is 10.9. The number of anilines is 1. The van der Waals surface area contributed by atoms with Gasteiger partial charge >= 0.3 is 0 Å². The fraction of sp³-hybridized carbons (Fsp3) is 0.290. The van der Waals surface area contributed by atoms with Gasteiger partial charge in [-0.25, -0.2) is 8.78 Å². The maximum absolute atomic E-state index is 16.0. The largest absolute Gasteiger partial charge is 0.497 e. The molecule has 8 nitrogen and oxygen atoms in total. The zero-order chi connectivity index (χ0) is 29.5. The first kappa shape index (κ1) is 27.9. The lowest BCUT2D eigenvalue weighted by Crippen LogP contribution is -2.43. The summed E-state index contributed by atoms with van der Waals surface area (Å²) in [4.78, 5) is 14.9. The van der Waals surface area contributed by atoms with Gasteiger partial charge in [0, 0.05) is 12.0 Å². The molecule has 0 aliphatic carbocycles. The van der Waals surface area contributed by atoms with Crippen LogP contribution in [0.4, 0.5) is 14.5 Å². The van der Waals surface area contributed by atoms with Crippen molar-refractivity contribution in [1.29, 1.82) is 5.26 Å². The molecule has 0 fully saturated rings. The Balaban J connectivity index is 1.55. The van der Waals surface area contributed by atoms with E-state index in [0.717, 1.165) is 28.5 Å². The highest BCUT2D eigenvalue weighted by Gasteiger charge is 2.42.